The van der Waals surface area contributed by atoms with Gasteiger partial charge in [0.15, 0.2) is 0 Å². The summed E-state index contributed by atoms with van der Waals surface area (Å²) in [6, 6.07) is 5.56. The van der Waals surface area contributed by atoms with Gasteiger partial charge in [0, 0.05) is 17.1 Å². The predicted octanol–water partition coefficient (Wildman–Crippen LogP) is 3.95. The topological polar surface area (TPSA) is 49.3 Å². The van der Waals surface area contributed by atoms with Gasteiger partial charge in [-0.1, -0.05) is 19.9 Å². The molecule has 0 radical (unpaired) electrons. The number of benzene rings is 1. The fraction of sp³-hybridized carbons (Fsp3) is 0.500. The number of hydrogen-bond donors (Lipinski definition) is 2. The fourth-order valence-corrected chi connectivity index (χ4v) is 2.42. The third-order valence-corrected chi connectivity index (χ3v) is 3.51. The van der Waals surface area contributed by atoms with Crippen molar-refractivity contribution in [3.63, 3.8) is 0 Å². The maximum absolute atomic E-state index is 11.3. The molecule has 4 heteroatoms. The van der Waals surface area contributed by atoms with Crippen LogP contribution in [0.3, 0.4) is 0 Å². The van der Waals surface area contributed by atoms with Crippen molar-refractivity contribution in [2.45, 2.75) is 31.6 Å². The molecule has 0 saturated heterocycles. The van der Waals surface area contributed by atoms with E-state index >= 15 is 0 Å². The molecule has 0 aromatic heterocycles. The molecule has 3 nitrogen and oxygen atoms in total. The molecule has 0 bridgehead atoms. The third-order valence-electron chi connectivity index (χ3n) is 2.73. The van der Waals surface area contributed by atoms with E-state index in [-0.39, 0.29) is 0 Å². The Kier molecular flexibility index (Phi) is 6.05. The highest BCUT2D eigenvalue weighted by molar-refractivity contribution is 7.98. The highest BCUT2D eigenvalue weighted by Crippen LogP contribution is 2.27. The Morgan fingerprint density at radius 3 is 2.72 bits per heavy atom. The number of nitrogens with one attached hydrogen (secondary N) is 1. The lowest BCUT2D eigenvalue weighted by atomic mass is 10.1. The average Bonchev–Trinajstić information content (AvgIpc) is 2.33. The third kappa shape index (κ3) is 4.26. The molecule has 0 amide bonds. The number of rotatable bonds is 7. The van der Waals surface area contributed by atoms with Crippen LogP contribution in [0.2, 0.25) is 0 Å². The molecule has 0 aliphatic carbocycles. The molecular formula is C14H21NO2S. The van der Waals surface area contributed by atoms with E-state index in [9.17, 15) is 9.90 Å². The molecule has 1 aromatic rings. The highest BCUT2D eigenvalue weighted by atomic mass is 32.2. The van der Waals surface area contributed by atoms with Crippen molar-refractivity contribution >= 4 is 23.4 Å². The highest BCUT2D eigenvalue weighted by Gasteiger charge is 2.14. The van der Waals surface area contributed by atoms with Gasteiger partial charge in [0.2, 0.25) is 0 Å². The van der Waals surface area contributed by atoms with E-state index in [2.05, 4.69) is 19.2 Å². The zero-order valence-corrected chi connectivity index (χ0v) is 12.0. The van der Waals surface area contributed by atoms with Crippen LogP contribution >= 0.6 is 11.8 Å². The summed E-state index contributed by atoms with van der Waals surface area (Å²) in [7, 11) is 0. The minimum Gasteiger partial charge on any atom is -0.478 e. The maximum atomic E-state index is 11.3. The van der Waals surface area contributed by atoms with Gasteiger partial charge in [0.05, 0.1) is 5.56 Å². The van der Waals surface area contributed by atoms with Crippen molar-refractivity contribution in [3.8, 4) is 0 Å². The first-order valence-electron chi connectivity index (χ1n) is 6.20. The summed E-state index contributed by atoms with van der Waals surface area (Å²) in [4.78, 5) is 12.1. The van der Waals surface area contributed by atoms with Gasteiger partial charge < -0.3 is 10.4 Å². The van der Waals surface area contributed by atoms with Crippen molar-refractivity contribution < 1.29 is 9.90 Å². The lowest BCUT2D eigenvalue weighted by molar-refractivity contribution is 0.0694. The second kappa shape index (κ2) is 7.31. The van der Waals surface area contributed by atoms with Crippen molar-refractivity contribution in [2.24, 2.45) is 5.92 Å². The molecular weight excluding hydrogens is 246 g/mol. The summed E-state index contributed by atoms with van der Waals surface area (Å²) < 4.78 is 0. The average molecular weight is 267 g/mol. The predicted molar refractivity (Wildman–Crippen MR) is 77.7 cm³/mol. The molecule has 1 aromatic carbocycles. The molecule has 0 saturated carbocycles. The Labute approximate surface area is 113 Å². The summed E-state index contributed by atoms with van der Waals surface area (Å²) >= 11 is 1.46. The van der Waals surface area contributed by atoms with Crippen LogP contribution in [-0.4, -0.2) is 23.9 Å². The second-order valence-corrected chi connectivity index (χ2v) is 5.50. The monoisotopic (exact) mass is 267 g/mol. The minimum absolute atomic E-state index is 0.384. The molecule has 0 aliphatic rings. The number of aromatic carboxylic acids is 1. The lowest BCUT2D eigenvalue weighted by Gasteiger charge is -2.12. The zero-order chi connectivity index (χ0) is 13.5. The smallest absolute Gasteiger partial charge is 0.338 e. The Bertz CT molecular complexity index is 405. The van der Waals surface area contributed by atoms with E-state index in [1.54, 1.807) is 0 Å². The first kappa shape index (κ1) is 14.9. The van der Waals surface area contributed by atoms with E-state index in [1.165, 1.54) is 11.8 Å². The molecule has 0 spiro atoms. The quantitative estimate of drug-likeness (QED) is 0.580. The van der Waals surface area contributed by atoms with Crippen LogP contribution in [0.1, 0.15) is 37.0 Å². The molecule has 0 heterocycles. The standard InChI is InChI=1S/C14H21NO2S/c1-10(2)6-5-9-15-11-7-4-8-12(18-3)13(11)14(16)17/h4,7-8,10,15H,5-6,9H2,1-3H3,(H,16,17). The number of thioether (sulfide) groups is 1. The lowest BCUT2D eigenvalue weighted by Crippen LogP contribution is -2.09. The van der Waals surface area contributed by atoms with Gasteiger partial charge in [-0.3, -0.25) is 0 Å². The van der Waals surface area contributed by atoms with Gasteiger partial charge >= 0.3 is 5.97 Å². The van der Waals surface area contributed by atoms with Crippen LogP contribution in [0.5, 0.6) is 0 Å². The van der Waals surface area contributed by atoms with Crippen LogP contribution in [-0.2, 0) is 0 Å². The molecule has 2 N–H and O–H groups in total. The van der Waals surface area contributed by atoms with E-state index in [0.29, 0.717) is 11.5 Å². The summed E-state index contributed by atoms with van der Waals surface area (Å²) in [6.07, 6.45) is 4.10. The summed E-state index contributed by atoms with van der Waals surface area (Å²) in [5.41, 5.74) is 1.10. The zero-order valence-electron chi connectivity index (χ0n) is 11.2. The summed E-state index contributed by atoms with van der Waals surface area (Å²) in [5.74, 6) is -0.186. The van der Waals surface area contributed by atoms with Gasteiger partial charge in [0.25, 0.3) is 0 Å². The van der Waals surface area contributed by atoms with E-state index < -0.39 is 5.97 Å². The number of carbonyl (C=O) groups is 1. The normalized spacial score (nSPS) is 10.7. The molecule has 0 fully saturated rings. The van der Waals surface area contributed by atoms with Crippen molar-refractivity contribution in [2.75, 3.05) is 18.1 Å². The molecule has 18 heavy (non-hydrogen) atoms. The van der Waals surface area contributed by atoms with E-state index in [1.807, 2.05) is 24.5 Å². The molecule has 1 rings (SSSR count). The second-order valence-electron chi connectivity index (χ2n) is 4.65. The van der Waals surface area contributed by atoms with Crippen molar-refractivity contribution in [3.05, 3.63) is 23.8 Å². The number of hydrogen-bond acceptors (Lipinski definition) is 3. The van der Waals surface area contributed by atoms with Crippen LogP contribution in [0.4, 0.5) is 5.69 Å². The Hall–Kier alpha value is -1.16. The SMILES string of the molecule is CSc1cccc(NCCCC(C)C)c1C(=O)O. The first-order valence-corrected chi connectivity index (χ1v) is 7.43. The van der Waals surface area contributed by atoms with Crippen LogP contribution < -0.4 is 5.32 Å². The van der Waals surface area contributed by atoms with E-state index in [4.69, 9.17) is 0 Å². The Balaban J connectivity index is 2.72. The van der Waals surface area contributed by atoms with Crippen molar-refractivity contribution in [1.29, 1.82) is 0 Å². The first-order chi connectivity index (χ1) is 8.56. The van der Waals surface area contributed by atoms with Crippen LogP contribution in [0.25, 0.3) is 0 Å². The van der Waals surface area contributed by atoms with E-state index in [0.717, 1.165) is 30.0 Å². The summed E-state index contributed by atoms with van der Waals surface area (Å²) in [6.45, 7) is 5.20. The number of carboxylic acid groups (broad SMARTS) is 1. The largest absolute Gasteiger partial charge is 0.478 e. The Morgan fingerprint density at radius 1 is 1.44 bits per heavy atom. The van der Waals surface area contributed by atoms with Gasteiger partial charge in [-0.2, -0.15) is 0 Å². The van der Waals surface area contributed by atoms with Crippen LogP contribution in [0, 0.1) is 5.92 Å². The number of anilines is 1. The summed E-state index contributed by atoms with van der Waals surface area (Å²) in [5, 5.41) is 12.5. The fourth-order valence-electron chi connectivity index (χ4n) is 1.80. The molecule has 0 unspecified atom stereocenters. The van der Waals surface area contributed by atoms with Crippen LogP contribution in [0.15, 0.2) is 23.1 Å². The molecule has 0 aliphatic heterocycles. The molecule has 0 atom stereocenters. The molecule has 100 valence electrons. The number of carboxylic acids is 1. The van der Waals surface area contributed by atoms with Gasteiger partial charge in [0.1, 0.15) is 0 Å². The minimum atomic E-state index is -0.869. The maximum Gasteiger partial charge on any atom is 0.338 e. The van der Waals surface area contributed by atoms with Gasteiger partial charge in [-0.05, 0) is 37.1 Å². The van der Waals surface area contributed by atoms with Gasteiger partial charge in [-0.25, -0.2) is 4.79 Å². The van der Waals surface area contributed by atoms with Gasteiger partial charge in [-0.15, -0.1) is 11.8 Å². The Morgan fingerprint density at radius 2 is 2.17 bits per heavy atom. The van der Waals surface area contributed by atoms with Crippen molar-refractivity contribution in [1.82, 2.24) is 0 Å².